The van der Waals surface area contributed by atoms with Crippen molar-refractivity contribution >= 4 is 26.8 Å². The van der Waals surface area contributed by atoms with E-state index in [1.165, 1.54) is 15.2 Å². The van der Waals surface area contributed by atoms with Gasteiger partial charge in [0.05, 0.1) is 5.92 Å². The zero-order valence-electron chi connectivity index (χ0n) is 17.9. The number of fused-ring (bicyclic) bond motifs is 1. The number of piperidine rings is 1. The highest BCUT2D eigenvalue weighted by Crippen LogP contribution is 2.27. The minimum absolute atomic E-state index is 0.0870. The molecule has 0 saturated carbocycles. The van der Waals surface area contributed by atoms with Crippen LogP contribution in [-0.2, 0) is 21.4 Å². The summed E-state index contributed by atoms with van der Waals surface area (Å²) in [4.78, 5) is 12.8. The van der Waals surface area contributed by atoms with Gasteiger partial charge in [-0.25, -0.2) is 8.42 Å². The van der Waals surface area contributed by atoms with E-state index < -0.39 is 10.0 Å². The number of para-hydroxylation sites is 1. The summed E-state index contributed by atoms with van der Waals surface area (Å²) in [6.45, 7) is 5.15. The molecule has 1 aromatic carbocycles. The molecule has 4 rings (SSSR count). The molecule has 1 saturated heterocycles. The largest absolute Gasteiger partial charge is 0.360 e. The molecule has 3 heterocycles. The highest BCUT2D eigenvalue weighted by molar-refractivity contribution is 7.89. The molecular formula is C22H28N4O4S. The molecule has 1 aliphatic rings. The summed E-state index contributed by atoms with van der Waals surface area (Å²) in [7, 11) is -3.73. The van der Waals surface area contributed by atoms with E-state index in [0.29, 0.717) is 31.6 Å². The maximum Gasteiger partial charge on any atom is 0.248 e. The Morgan fingerprint density at radius 3 is 2.84 bits per heavy atom. The maximum absolute atomic E-state index is 13.0. The van der Waals surface area contributed by atoms with Crippen LogP contribution in [0.25, 0.3) is 10.9 Å². The molecule has 0 spiro atoms. The van der Waals surface area contributed by atoms with E-state index in [-0.39, 0.29) is 29.0 Å². The first-order valence-electron chi connectivity index (χ1n) is 10.6. The molecule has 8 nitrogen and oxygen atoms in total. The molecule has 0 bridgehead atoms. The van der Waals surface area contributed by atoms with Crippen LogP contribution in [0.4, 0.5) is 0 Å². The van der Waals surface area contributed by atoms with Crippen LogP contribution < -0.4 is 5.32 Å². The van der Waals surface area contributed by atoms with Gasteiger partial charge in [-0.3, -0.25) is 4.79 Å². The quantitative estimate of drug-likeness (QED) is 0.565. The zero-order valence-corrected chi connectivity index (χ0v) is 18.7. The minimum Gasteiger partial charge on any atom is -0.360 e. The van der Waals surface area contributed by atoms with Crippen LogP contribution >= 0.6 is 0 Å². The van der Waals surface area contributed by atoms with Crippen molar-refractivity contribution in [2.45, 2.75) is 44.6 Å². The lowest BCUT2D eigenvalue weighted by molar-refractivity contribution is -0.126. The number of hydrogen-bond acceptors (Lipinski definition) is 5. The fraction of sp³-hybridized carbons (Fsp3) is 0.455. The molecule has 1 amide bonds. The number of aryl methyl sites for hydroxylation is 3. The Balaban J connectivity index is 1.32. The van der Waals surface area contributed by atoms with Gasteiger partial charge in [0.1, 0.15) is 10.6 Å². The second kappa shape index (κ2) is 8.84. The molecule has 1 fully saturated rings. The average Bonchev–Trinajstić information content (AvgIpc) is 3.34. The van der Waals surface area contributed by atoms with E-state index in [0.717, 1.165) is 13.0 Å². The number of hydrogen-bond donors (Lipinski definition) is 1. The maximum atomic E-state index is 13.0. The van der Waals surface area contributed by atoms with Crippen molar-refractivity contribution in [1.82, 2.24) is 19.3 Å². The van der Waals surface area contributed by atoms with Gasteiger partial charge in [-0.2, -0.15) is 4.31 Å². The monoisotopic (exact) mass is 444 g/mol. The van der Waals surface area contributed by atoms with Crippen LogP contribution in [0.5, 0.6) is 0 Å². The van der Waals surface area contributed by atoms with Crippen molar-refractivity contribution < 1.29 is 17.7 Å². The summed E-state index contributed by atoms with van der Waals surface area (Å²) in [6, 6.07) is 10.3. The second-order valence-electron chi connectivity index (χ2n) is 8.07. The molecule has 166 valence electrons. The molecule has 1 N–H and O–H groups in total. The van der Waals surface area contributed by atoms with E-state index in [9.17, 15) is 13.2 Å². The van der Waals surface area contributed by atoms with Crippen molar-refractivity contribution in [2.24, 2.45) is 5.92 Å². The van der Waals surface area contributed by atoms with Crippen LogP contribution in [-0.4, -0.2) is 48.0 Å². The molecule has 0 radical (unpaired) electrons. The number of nitrogens with one attached hydrogen (secondary N) is 1. The van der Waals surface area contributed by atoms with Gasteiger partial charge in [-0.1, -0.05) is 23.4 Å². The van der Waals surface area contributed by atoms with Crippen LogP contribution in [0.2, 0.25) is 0 Å². The normalized spacial score (nSPS) is 17.8. The summed E-state index contributed by atoms with van der Waals surface area (Å²) < 4.78 is 34.7. The number of amides is 1. The SMILES string of the molecule is Cc1noc(C)c1S(=O)(=O)N1CCCC(C(=O)NCCCn2ccc3ccccc32)C1. The van der Waals surface area contributed by atoms with Gasteiger partial charge in [0.25, 0.3) is 0 Å². The van der Waals surface area contributed by atoms with Gasteiger partial charge in [0.15, 0.2) is 5.76 Å². The zero-order chi connectivity index (χ0) is 22.0. The van der Waals surface area contributed by atoms with Crippen molar-refractivity contribution in [3.05, 3.63) is 48.0 Å². The van der Waals surface area contributed by atoms with Crippen molar-refractivity contribution in [3.8, 4) is 0 Å². The molecule has 9 heteroatoms. The van der Waals surface area contributed by atoms with Crippen molar-refractivity contribution in [2.75, 3.05) is 19.6 Å². The van der Waals surface area contributed by atoms with E-state index in [1.54, 1.807) is 13.8 Å². The van der Waals surface area contributed by atoms with Gasteiger partial charge in [0, 0.05) is 37.9 Å². The number of nitrogens with zero attached hydrogens (tertiary/aromatic N) is 3. The van der Waals surface area contributed by atoms with Gasteiger partial charge >= 0.3 is 0 Å². The highest BCUT2D eigenvalue weighted by atomic mass is 32.2. The lowest BCUT2D eigenvalue weighted by Gasteiger charge is -2.31. The van der Waals surface area contributed by atoms with E-state index in [4.69, 9.17) is 4.52 Å². The summed E-state index contributed by atoms with van der Waals surface area (Å²) in [6.07, 6.45) is 4.20. The fourth-order valence-electron chi connectivity index (χ4n) is 4.29. The number of sulfonamides is 1. The molecule has 1 unspecified atom stereocenters. The molecule has 1 atom stereocenters. The Bertz CT molecular complexity index is 1160. The Morgan fingerprint density at radius 2 is 2.06 bits per heavy atom. The van der Waals surface area contributed by atoms with E-state index >= 15 is 0 Å². The predicted octanol–water partition coefficient (Wildman–Crippen LogP) is 2.85. The number of carbonyl (C=O) groups is 1. The first-order chi connectivity index (χ1) is 14.9. The summed E-state index contributed by atoms with van der Waals surface area (Å²) in [5, 5.41) is 7.95. The molecule has 3 aromatic rings. The Kier molecular flexibility index (Phi) is 6.15. The van der Waals surface area contributed by atoms with Gasteiger partial charge in [-0.05, 0) is 50.6 Å². The summed E-state index contributed by atoms with van der Waals surface area (Å²) in [5.41, 5.74) is 1.53. The third-order valence-electron chi connectivity index (χ3n) is 5.88. The summed E-state index contributed by atoms with van der Waals surface area (Å²) >= 11 is 0. The molecule has 31 heavy (non-hydrogen) atoms. The number of benzene rings is 1. The van der Waals surface area contributed by atoms with Crippen LogP contribution in [0.3, 0.4) is 0 Å². The summed E-state index contributed by atoms with van der Waals surface area (Å²) in [5.74, 6) is -0.158. The smallest absolute Gasteiger partial charge is 0.248 e. The van der Waals surface area contributed by atoms with Crippen LogP contribution in [0.1, 0.15) is 30.7 Å². The van der Waals surface area contributed by atoms with Gasteiger partial charge < -0.3 is 14.4 Å². The third-order valence-corrected chi connectivity index (χ3v) is 7.99. The van der Waals surface area contributed by atoms with Crippen LogP contribution in [0.15, 0.2) is 45.9 Å². The average molecular weight is 445 g/mol. The van der Waals surface area contributed by atoms with Crippen molar-refractivity contribution in [3.63, 3.8) is 0 Å². The van der Waals surface area contributed by atoms with Crippen molar-refractivity contribution in [1.29, 1.82) is 0 Å². The Morgan fingerprint density at radius 1 is 1.26 bits per heavy atom. The van der Waals surface area contributed by atoms with Gasteiger partial charge in [0.2, 0.25) is 15.9 Å². The van der Waals surface area contributed by atoms with Gasteiger partial charge in [-0.15, -0.1) is 0 Å². The number of aromatic nitrogens is 2. The minimum atomic E-state index is -3.73. The molecule has 2 aromatic heterocycles. The molecular weight excluding hydrogens is 416 g/mol. The first kappa shape index (κ1) is 21.6. The lowest BCUT2D eigenvalue weighted by atomic mass is 9.99. The second-order valence-corrected chi connectivity index (χ2v) is 9.94. The lowest BCUT2D eigenvalue weighted by Crippen LogP contribution is -2.45. The molecule has 0 aliphatic carbocycles. The van der Waals surface area contributed by atoms with E-state index in [1.807, 2.05) is 12.1 Å². The first-order valence-corrected chi connectivity index (χ1v) is 12.1. The third kappa shape index (κ3) is 4.38. The number of carbonyl (C=O) groups excluding carboxylic acids is 1. The molecule has 1 aliphatic heterocycles. The van der Waals surface area contributed by atoms with Crippen LogP contribution in [0, 0.1) is 19.8 Å². The predicted molar refractivity (Wildman–Crippen MR) is 117 cm³/mol. The van der Waals surface area contributed by atoms with E-state index in [2.05, 4.69) is 39.4 Å². The number of rotatable bonds is 7. The fourth-order valence-corrected chi connectivity index (χ4v) is 6.10. The standard InChI is InChI=1S/C22H28N4O4S/c1-16-21(17(2)30-24-16)31(28,29)26-13-5-8-19(15-26)22(27)23-11-6-12-25-14-10-18-7-3-4-9-20(18)25/h3-4,7,9-10,14,19H,5-6,8,11-13,15H2,1-2H3,(H,23,27). The topological polar surface area (TPSA) is 97.4 Å². The Labute approximate surface area is 182 Å². The highest BCUT2D eigenvalue weighted by Gasteiger charge is 2.36. The Hall–Kier alpha value is -2.65.